The summed E-state index contributed by atoms with van der Waals surface area (Å²) >= 11 is 0. The molecule has 56 valence electrons. The van der Waals surface area contributed by atoms with Crippen LogP contribution in [-0.4, -0.2) is 4.34 Å². The van der Waals surface area contributed by atoms with Crippen molar-refractivity contribution in [2.75, 3.05) is 0 Å². The molecule has 1 aromatic heterocycles. The van der Waals surface area contributed by atoms with Gasteiger partial charge in [-0.2, -0.15) is 0 Å². The minimum atomic E-state index is 0.280. The van der Waals surface area contributed by atoms with Crippen LogP contribution in [0.4, 0.5) is 0 Å². The van der Waals surface area contributed by atoms with Gasteiger partial charge in [0.2, 0.25) is 0 Å². The Morgan fingerprint density at radius 3 is 2.20 bits per heavy atom. The van der Waals surface area contributed by atoms with E-state index >= 15 is 0 Å². The first-order chi connectivity index (χ1) is 4.50. The summed E-state index contributed by atoms with van der Waals surface area (Å²) in [4.78, 5) is 0. The van der Waals surface area contributed by atoms with Crippen LogP contribution in [0.15, 0.2) is 18.5 Å². The van der Waals surface area contributed by atoms with Gasteiger partial charge in [0, 0.05) is 12.4 Å². The predicted molar refractivity (Wildman–Crippen MR) is 48.2 cm³/mol. The van der Waals surface area contributed by atoms with E-state index in [-0.39, 0.29) is 5.41 Å². The molecule has 1 nitrogen and oxygen atoms in total. The lowest BCUT2D eigenvalue weighted by Gasteiger charge is -2.15. The quantitative estimate of drug-likeness (QED) is 0.507. The molecule has 0 aliphatic rings. The second-order valence-corrected chi connectivity index (χ2v) is 4.19. The van der Waals surface area contributed by atoms with Crippen molar-refractivity contribution >= 4 is 9.39 Å². The summed E-state index contributed by atoms with van der Waals surface area (Å²) in [7, 11) is 2.62. The molecule has 1 unspecified atom stereocenters. The van der Waals surface area contributed by atoms with E-state index in [0.717, 1.165) is 0 Å². The summed E-state index contributed by atoms with van der Waals surface area (Å²) in [6.45, 7) is 6.65. The topological polar surface area (TPSA) is 4.93 Å². The predicted octanol–water partition coefficient (Wildman–Crippen LogP) is 2.42. The molecule has 10 heavy (non-hydrogen) atoms. The highest BCUT2D eigenvalue weighted by Crippen LogP contribution is 2.22. The smallest absolute Gasteiger partial charge is 0.0105 e. The highest BCUT2D eigenvalue weighted by atomic mass is 31.0. The summed E-state index contributed by atoms with van der Waals surface area (Å²) in [5.74, 6) is 0. The van der Waals surface area contributed by atoms with Crippen LogP contribution in [-0.2, 0) is 5.41 Å². The van der Waals surface area contributed by atoms with Gasteiger partial charge in [0.05, 0.1) is 0 Å². The Bertz CT molecular complexity index is 219. The van der Waals surface area contributed by atoms with Gasteiger partial charge < -0.3 is 4.34 Å². The molecule has 0 spiro atoms. The summed E-state index contributed by atoms with van der Waals surface area (Å²) in [6, 6.07) is 2.15. The summed E-state index contributed by atoms with van der Waals surface area (Å²) < 4.78 is 2.00. The highest BCUT2D eigenvalue weighted by Gasteiger charge is 2.13. The van der Waals surface area contributed by atoms with E-state index < -0.39 is 0 Å². The number of rotatable bonds is 0. The van der Waals surface area contributed by atoms with E-state index in [0.29, 0.717) is 0 Å². The van der Waals surface area contributed by atoms with Crippen LogP contribution >= 0.6 is 9.39 Å². The Hall–Kier alpha value is -0.290. The van der Waals surface area contributed by atoms with Gasteiger partial charge >= 0.3 is 0 Å². The Balaban J connectivity index is 2.96. The molecule has 0 aromatic carbocycles. The highest BCUT2D eigenvalue weighted by molar-refractivity contribution is 7.14. The molecule has 1 aromatic rings. The van der Waals surface area contributed by atoms with Crippen molar-refractivity contribution in [2.24, 2.45) is 0 Å². The van der Waals surface area contributed by atoms with Crippen LogP contribution in [0, 0.1) is 0 Å². The molecule has 0 N–H and O–H groups in total. The van der Waals surface area contributed by atoms with Gasteiger partial charge in [0.1, 0.15) is 0 Å². The van der Waals surface area contributed by atoms with Crippen LogP contribution in [0.1, 0.15) is 26.3 Å². The monoisotopic (exact) mass is 155 g/mol. The van der Waals surface area contributed by atoms with E-state index in [1.807, 2.05) is 10.5 Å². The first-order valence-electron chi connectivity index (χ1n) is 3.44. The minimum Gasteiger partial charge on any atom is -0.339 e. The molecule has 1 rings (SSSR count). The summed E-state index contributed by atoms with van der Waals surface area (Å²) in [6.07, 6.45) is 4.18. The van der Waals surface area contributed by atoms with Gasteiger partial charge in [-0.15, -0.1) is 0 Å². The van der Waals surface area contributed by atoms with Crippen molar-refractivity contribution in [3.63, 3.8) is 0 Å². The van der Waals surface area contributed by atoms with Gasteiger partial charge in [0.25, 0.3) is 0 Å². The van der Waals surface area contributed by atoms with Crippen LogP contribution in [0.25, 0.3) is 0 Å². The third-order valence-corrected chi connectivity index (χ3v) is 1.90. The summed E-state index contributed by atoms with van der Waals surface area (Å²) in [5, 5.41) is 0. The molecule has 0 bridgehead atoms. The number of hydrogen-bond donors (Lipinski definition) is 0. The lowest BCUT2D eigenvalue weighted by molar-refractivity contribution is 0.591. The zero-order chi connectivity index (χ0) is 7.78. The van der Waals surface area contributed by atoms with Crippen molar-refractivity contribution in [1.29, 1.82) is 0 Å². The Kier molecular flexibility index (Phi) is 1.87. The van der Waals surface area contributed by atoms with Crippen LogP contribution in [0.2, 0.25) is 0 Å². The average molecular weight is 155 g/mol. The standard InChI is InChI=1S/C8H14NP/c1-8(2,3)7-4-5-9(10)6-7/h4-6H,10H2,1-3H3. The molecular formula is C8H14NP. The second-order valence-electron chi connectivity index (χ2n) is 3.60. The number of nitrogens with zero attached hydrogens (tertiary/aromatic N) is 1. The van der Waals surface area contributed by atoms with Gasteiger partial charge in [-0.05, 0) is 26.4 Å². The molecule has 0 aliphatic carbocycles. The molecule has 1 heterocycles. The van der Waals surface area contributed by atoms with Crippen LogP contribution in [0.5, 0.6) is 0 Å². The molecule has 0 radical (unpaired) electrons. The van der Waals surface area contributed by atoms with Gasteiger partial charge in [-0.25, -0.2) is 0 Å². The lowest BCUT2D eigenvalue weighted by atomic mass is 9.89. The Morgan fingerprint density at radius 2 is 2.00 bits per heavy atom. The van der Waals surface area contributed by atoms with Crippen LogP contribution in [0.3, 0.4) is 0 Å². The maximum atomic E-state index is 2.62. The van der Waals surface area contributed by atoms with E-state index in [1.54, 1.807) is 0 Å². The third kappa shape index (κ3) is 1.60. The van der Waals surface area contributed by atoms with Crippen LogP contribution < -0.4 is 0 Å². The molecule has 0 saturated heterocycles. The fraction of sp³-hybridized carbons (Fsp3) is 0.500. The molecule has 2 heteroatoms. The summed E-state index contributed by atoms with van der Waals surface area (Å²) in [5.41, 5.74) is 1.66. The molecule has 0 amide bonds. The van der Waals surface area contributed by atoms with E-state index in [2.05, 4.69) is 42.4 Å². The average Bonchev–Trinajstić information content (AvgIpc) is 2.11. The maximum absolute atomic E-state index is 2.62. The first kappa shape index (κ1) is 7.81. The molecule has 1 atom stereocenters. The number of hydrogen-bond acceptors (Lipinski definition) is 0. The zero-order valence-electron chi connectivity index (χ0n) is 6.76. The van der Waals surface area contributed by atoms with Gasteiger partial charge in [0.15, 0.2) is 0 Å². The van der Waals surface area contributed by atoms with E-state index in [4.69, 9.17) is 0 Å². The minimum absolute atomic E-state index is 0.280. The van der Waals surface area contributed by atoms with E-state index in [9.17, 15) is 0 Å². The van der Waals surface area contributed by atoms with Gasteiger partial charge in [-0.1, -0.05) is 20.8 Å². The fourth-order valence-electron chi connectivity index (χ4n) is 0.857. The molecule has 0 aliphatic heterocycles. The fourth-order valence-corrected chi connectivity index (χ4v) is 1.10. The molecule has 0 fully saturated rings. The SMILES string of the molecule is CC(C)(C)c1ccn(P)c1. The van der Waals surface area contributed by atoms with Crippen molar-refractivity contribution in [2.45, 2.75) is 26.2 Å². The van der Waals surface area contributed by atoms with Crippen molar-refractivity contribution in [3.8, 4) is 0 Å². The van der Waals surface area contributed by atoms with Gasteiger partial charge in [-0.3, -0.25) is 0 Å². The lowest BCUT2D eigenvalue weighted by Crippen LogP contribution is -2.09. The zero-order valence-corrected chi connectivity index (χ0v) is 7.91. The molecular weight excluding hydrogens is 141 g/mol. The van der Waals surface area contributed by atoms with Crippen molar-refractivity contribution in [1.82, 2.24) is 4.34 Å². The molecule has 0 saturated carbocycles. The van der Waals surface area contributed by atoms with E-state index in [1.165, 1.54) is 5.56 Å². The van der Waals surface area contributed by atoms with Crippen molar-refractivity contribution in [3.05, 3.63) is 24.0 Å². The maximum Gasteiger partial charge on any atom is 0.0105 e. The Morgan fingerprint density at radius 1 is 1.40 bits per heavy atom. The number of aromatic nitrogens is 1. The second kappa shape index (κ2) is 2.39. The van der Waals surface area contributed by atoms with Crippen molar-refractivity contribution < 1.29 is 0 Å². The largest absolute Gasteiger partial charge is 0.339 e. The Labute approximate surface area is 64.7 Å². The third-order valence-electron chi connectivity index (χ3n) is 1.58. The first-order valence-corrected chi connectivity index (χ1v) is 3.95. The normalized spacial score (nSPS) is 12.0.